The predicted molar refractivity (Wildman–Crippen MR) is 54.0 cm³/mol. The second kappa shape index (κ2) is 4.27. The molecular formula is C11H23N. The highest BCUT2D eigenvalue weighted by atomic mass is 14.6. The summed E-state index contributed by atoms with van der Waals surface area (Å²) in [5.74, 6) is 0.843. The Morgan fingerprint density at radius 3 is 2.33 bits per heavy atom. The highest BCUT2D eigenvalue weighted by Crippen LogP contribution is 2.44. The van der Waals surface area contributed by atoms with Crippen molar-refractivity contribution in [3.05, 3.63) is 0 Å². The van der Waals surface area contributed by atoms with Gasteiger partial charge in [0.2, 0.25) is 0 Å². The van der Waals surface area contributed by atoms with E-state index in [1.54, 1.807) is 0 Å². The third kappa shape index (κ3) is 1.82. The highest BCUT2D eigenvalue weighted by Gasteiger charge is 2.36. The van der Waals surface area contributed by atoms with Crippen molar-refractivity contribution in [3.63, 3.8) is 0 Å². The van der Waals surface area contributed by atoms with E-state index in [4.69, 9.17) is 5.73 Å². The highest BCUT2D eigenvalue weighted by molar-refractivity contribution is 4.89. The fourth-order valence-corrected chi connectivity index (χ4v) is 2.72. The molecule has 72 valence electrons. The van der Waals surface area contributed by atoms with Gasteiger partial charge in [-0.1, -0.05) is 39.5 Å². The first-order valence-corrected chi connectivity index (χ1v) is 5.45. The summed E-state index contributed by atoms with van der Waals surface area (Å²) in [7, 11) is 0. The van der Waals surface area contributed by atoms with Crippen molar-refractivity contribution in [1.29, 1.82) is 0 Å². The Kier molecular flexibility index (Phi) is 3.57. The molecule has 1 unspecified atom stereocenters. The summed E-state index contributed by atoms with van der Waals surface area (Å²) in [6.45, 7) is 5.57. The summed E-state index contributed by atoms with van der Waals surface area (Å²) >= 11 is 0. The molecule has 1 aliphatic carbocycles. The molecule has 1 nitrogen and oxygen atoms in total. The second-order valence-corrected chi connectivity index (χ2v) is 4.46. The van der Waals surface area contributed by atoms with Gasteiger partial charge in [0.05, 0.1) is 0 Å². The van der Waals surface area contributed by atoms with E-state index in [1.807, 2.05) is 0 Å². The first kappa shape index (κ1) is 10.0. The third-order valence-electron chi connectivity index (χ3n) is 3.77. The molecule has 12 heavy (non-hydrogen) atoms. The zero-order chi connectivity index (χ0) is 9.03. The molecule has 0 heterocycles. The van der Waals surface area contributed by atoms with Gasteiger partial charge >= 0.3 is 0 Å². The van der Waals surface area contributed by atoms with Crippen LogP contribution < -0.4 is 5.73 Å². The van der Waals surface area contributed by atoms with Crippen LogP contribution in [0, 0.1) is 11.3 Å². The lowest BCUT2D eigenvalue weighted by Crippen LogP contribution is -2.34. The lowest BCUT2D eigenvalue weighted by atomic mass is 9.73. The third-order valence-corrected chi connectivity index (χ3v) is 3.77. The van der Waals surface area contributed by atoms with Crippen molar-refractivity contribution in [3.8, 4) is 0 Å². The summed E-state index contributed by atoms with van der Waals surface area (Å²) in [4.78, 5) is 0. The number of hydrogen-bond donors (Lipinski definition) is 1. The number of rotatable bonds is 4. The number of hydrogen-bond acceptors (Lipinski definition) is 1. The Hall–Kier alpha value is -0.0400. The molecule has 0 saturated heterocycles. The largest absolute Gasteiger partial charge is 0.330 e. The van der Waals surface area contributed by atoms with E-state index in [-0.39, 0.29) is 0 Å². The minimum absolute atomic E-state index is 0.524. The zero-order valence-electron chi connectivity index (χ0n) is 8.60. The molecule has 0 amide bonds. The van der Waals surface area contributed by atoms with Gasteiger partial charge in [-0.3, -0.25) is 0 Å². The first-order chi connectivity index (χ1) is 5.75. The van der Waals surface area contributed by atoms with Gasteiger partial charge in [-0.05, 0) is 30.7 Å². The van der Waals surface area contributed by atoms with Crippen LogP contribution >= 0.6 is 0 Å². The Labute approximate surface area is 76.7 Å². The smallest absolute Gasteiger partial charge is 0.00180 e. The molecule has 1 saturated carbocycles. The molecule has 1 aliphatic rings. The van der Waals surface area contributed by atoms with Crippen LogP contribution in [-0.2, 0) is 0 Å². The normalized spacial score (nSPS) is 24.2. The van der Waals surface area contributed by atoms with Crippen LogP contribution in [0.15, 0.2) is 0 Å². The van der Waals surface area contributed by atoms with E-state index in [0.29, 0.717) is 5.41 Å². The van der Waals surface area contributed by atoms with E-state index in [2.05, 4.69) is 13.8 Å². The Morgan fingerprint density at radius 2 is 1.92 bits per heavy atom. The molecule has 0 spiro atoms. The zero-order valence-corrected chi connectivity index (χ0v) is 8.60. The van der Waals surface area contributed by atoms with E-state index >= 15 is 0 Å². The topological polar surface area (TPSA) is 26.0 Å². The molecule has 2 N–H and O–H groups in total. The van der Waals surface area contributed by atoms with Crippen LogP contribution in [0.25, 0.3) is 0 Å². The van der Waals surface area contributed by atoms with Crippen molar-refractivity contribution in [2.45, 2.75) is 52.4 Å². The minimum Gasteiger partial charge on any atom is -0.330 e. The molecule has 0 aromatic rings. The monoisotopic (exact) mass is 169 g/mol. The van der Waals surface area contributed by atoms with Gasteiger partial charge in [0, 0.05) is 0 Å². The molecule has 1 fully saturated rings. The van der Waals surface area contributed by atoms with Crippen molar-refractivity contribution in [2.75, 3.05) is 6.54 Å². The summed E-state index contributed by atoms with van der Waals surface area (Å²) < 4.78 is 0. The fourth-order valence-electron chi connectivity index (χ4n) is 2.72. The van der Waals surface area contributed by atoms with Gasteiger partial charge in [0.1, 0.15) is 0 Å². The summed E-state index contributed by atoms with van der Waals surface area (Å²) in [6.07, 6.45) is 8.24. The molecule has 0 aliphatic heterocycles. The van der Waals surface area contributed by atoms with Gasteiger partial charge in [0.15, 0.2) is 0 Å². The van der Waals surface area contributed by atoms with Crippen LogP contribution in [0.3, 0.4) is 0 Å². The van der Waals surface area contributed by atoms with E-state index in [0.717, 1.165) is 12.5 Å². The SMILES string of the molecule is CCCC(C)C1(CN)CCCC1. The molecule has 1 heteroatoms. The predicted octanol–water partition coefficient (Wildman–Crippen LogP) is 2.94. The van der Waals surface area contributed by atoms with Crippen LogP contribution in [0.5, 0.6) is 0 Å². The molecular weight excluding hydrogens is 146 g/mol. The summed E-state index contributed by atoms with van der Waals surface area (Å²) in [6, 6.07) is 0. The number of nitrogens with two attached hydrogens (primary N) is 1. The lowest BCUT2D eigenvalue weighted by Gasteiger charge is -2.34. The van der Waals surface area contributed by atoms with Gasteiger partial charge in [-0.25, -0.2) is 0 Å². The van der Waals surface area contributed by atoms with Gasteiger partial charge < -0.3 is 5.73 Å². The van der Waals surface area contributed by atoms with Crippen LogP contribution in [0.2, 0.25) is 0 Å². The fraction of sp³-hybridized carbons (Fsp3) is 1.00. The lowest BCUT2D eigenvalue weighted by molar-refractivity contribution is 0.180. The molecule has 0 aromatic heterocycles. The average Bonchev–Trinajstić information content (AvgIpc) is 2.54. The molecule has 1 rings (SSSR count). The molecule has 0 bridgehead atoms. The second-order valence-electron chi connectivity index (χ2n) is 4.46. The van der Waals surface area contributed by atoms with Crippen molar-refractivity contribution in [1.82, 2.24) is 0 Å². The Bertz CT molecular complexity index is 125. The van der Waals surface area contributed by atoms with Gasteiger partial charge in [0.25, 0.3) is 0 Å². The van der Waals surface area contributed by atoms with Crippen molar-refractivity contribution >= 4 is 0 Å². The van der Waals surface area contributed by atoms with Gasteiger partial charge in [-0.2, -0.15) is 0 Å². The maximum atomic E-state index is 5.90. The molecule has 0 radical (unpaired) electrons. The van der Waals surface area contributed by atoms with Crippen molar-refractivity contribution in [2.24, 2.45) is 17.1 Å². The maximum Gasteiger partial charge on any atom is -0.00180 e. The first-order valence-electron chi connectivity index (χ1n) is 5.45. The average molecular weight is 169 g/mol. The minimum atomic E-state index is 0.524. The van der Waals surface area contributed by atoms with E-state index < -0.39 is 0 Å². The molecule has 0 aromatic carbocycles. The van der Waals surface area contributed by atoms with E-state index in [9.17, 15) is 0 Å². The maximum absolute atomic E-state index is 5.90. The summed E-state index contributed by atoms with van der Waals surface area (Å²) in [5.41, 5.74) is 6.42. The Balaban J connectivity index is 2.52. The van der Waals surface area contributed by atoms with Crippen LogP contribution in [0.1, 0.15) is 52.4 Å². The van der Waals surface area contributed by atoms with Crippen LogP contribution in [-0.4, -0.2) is 6.54 Å². The molecule has 1 atom stereocenters. The quantitative estimate of drug-likeness (QED) is 0.688. The standard InChI is InChI=1S/C11H23N/c1-3-6-10(2)11(9-12)7-4-5-8-11/h10H,3-9,12H2,1-2H3. The Morgan fingerprint density at radius 1 is 1.33 bits per heavy atom. The van der Waals surface area contributed by atoms with Crippen molar-refractivity contribution < 1.29 is 0 Å². The summed E-state index contributed by atoms with van der Waals surface area (Å²) in [5, 5.41) is 0. The van der Waals surface area contributed by atoms with E-state index in [1.165, 1.54) is 38.5 Å². The van der Waals surface area contributed by atoms with Gasteiger partial charge in [-0.15, -0.1) is 0 Å². The van der Waals surface area contributed by atoms with Crippen LogP contribution in [0.4, 0.5) is 0 Å².